The van der Waals surface area contributed by atoms with Crippen LogP contribution in [0, 0.1) is 0 Å². The van der Waals surface area contributed by atoms with Crippen molar-refractivity contribution in [2.24, 2.45) is 10.7 Å². The number of allylic oxidation sites excluding steroid dienone is 2. The Morgan fingerprint density at radius 2 is 2.31 bits per heavy atom. The Balaban J connectivity index is 2.92. The van der Waals surface area contributed by atoms with Gasteiger partial charge in [-0.25, -0.2) is 4.99 Å². The van der Waals surface area contributed by atoms with Gasteiger partial charge in [0.1, 0.15) is 12.1 Å². The molecular weight excluding hydrogens is 164 g/mol. The lowest BCUT2D eigenvalue weighted by Gasteiger charge is -2.19. The number of nitrogens with zero attached hydrogens (tertiary/aromatic N) is 1. The van der Waals surface area contributed by atoms with E-state index in [1.165, 1.54) is 0 Å². The Hall–Kier alpha value is -1.25. The third-order valence-corrected chi connectivity index (χ3v) is 2.14. The minimum atomic E-state index is -0.300. The Morgan fingerprint density at radius 3 is 2.69 bits per heavy atom. The molecule has 0 saturated carbocycles. The number of aliphatic imine (C=N–C) groups is 1. The average Bonchev–Trinajstić information content (AvgIpc) is 2.43. The third-order valence-electron chi connectivity index (χ3n) is 2.14. The SMILES string of the molecule is C/C=C\C(=C/C)[C@@]1(C)COC(N)=N1. The van der Waals surface area contributed by atoms with Crippen LogP contribution in [0.15, 0.2) is 28.8 Å². The summed E-state index contributed by atoms with van der Waals surface area (Å²) >= 11 is 0. The maximum atomic E-state index is 5.48. The number of amidine groups is 1. The molecule has 0 bridgehead atoms. The summed E-state index contributed by atoms with van der Waals surface area (Å²) in [5.41, 5.74) is 6.31. The molecule has 13 heavy (non-hydrogen) atoms. The van der Waals surface area contributed by atoms with Crippen molar-refractivity contribution in [1.29, 1.82) is 0 Å². The second kappa shape index (κ2) is 3.64. The lowest BCUT2D eigenvalue weighted by Crippen LogP contribution is -2.25. The first-order valence-corrected chi connectivity index (χ1v) is 4.40. The fraction of sp³-hybridized carbons (Fsp3) is 0.500. The van der Waals surface area contributed by atoms with Gasteiger partial charge in [0, 0.05) is 0 Å². The molecule has 1 heterocycles. The van der Waals surface area contributed by atoms with Gasteiger partial charge in [-0.3, -0.25) is 0 Å². The topological polar surface area (TPSA) is 47.6 Å². The van der Waals surface area contributed by atoms with E-state index in [0.29, 0.717) is 6.61 Å². The molecule has 0 aromatic rings. The van der Waals surface area contributed by atoms with Crippen molar-refractivity contribution in [1.82, 2.24) is 0 Å². The van der Waals surface area contributed by atoms with E-state index >= 15 is 0 Å². The van der Waals surface area contributed by atoms with E-state index in [0.717, 1.165) is 5.57 Å². The summed E-state index contributed by atoms with van der Waals surface area (Å²) < 4.78 is 5.15. The summed E-state index contributed by atoms with van der Waals surface area (Å²) in [6, 6.07) is 0.284. The minimum absolute atomic E-state index is 0.284. The van der Waals surface area contributed by atoms with Crippen LogP contribution in [0.1, 0.15) is 20.8 Å². The zero-order chi connectivity index (χ0) is 9.90. The van der Waals surface area contributed by atoms with Crippen molar-refractivity contribution in [2.45, 2.75) is 26.3 Å². The Kier molecular flexibility index (Phi) is 2.76. The molecular formula is C10H16N2O. The molecule has 3 nitrogen and oxygen atoms in total. The molecule has 0 aromatic carbocycles. The maximum Gasteiger partial charge on any atom is 0.283 e. The quantitative estimate of drug-likeness (QED) is 0.656. The van der Waals surface area contributed by atoms with Gasteiger partial charge in [0.15, 0.2) is 0 Å². The smallest absolute Gasteiger partial charge is 0.283 e. The molecule has 0 radical (unpaired) electrons. The van der Waals surface area contributed by atoms with Crippen LogP contribution < -0.4 is 5.73 Å². The van der Waals surface area contributed by atoms with Crippen molar-refractivity contribution >= 4 is 6.02 Å². The first-order chi connectivity index (χ1) is 6.12. The predicted octanol–water partition coefficient (Wildman–Crippen LogP) is 1.61. The van der Waals surface area contributed by atoms with Crippen LogP contribution in [0.25, 0.3) is 0 Å². The average molecular weight is 180 g/mol. The van der Waals surface area contributed by atoms with E-state index in [-0.39, 0.29) is 11.6 Å². The summed E-state index contributed by atoms with van der Waals surface area (Å²) in [6.07, 6.45) is 6.06. The molecule has 1 atom stereocenters. The highest BCUT2D eigenvalue weighted by Crippen LogP contribution is 2.26. The van der Waals surface area contributed by atoms with Crippen molar-refractivity contribution in [3.63, 3.8) is 0 Å². The highest BCUT2D eigenvalue weighted by molar-refractivity contribution is 5.74. The molecule has 0 aliphatic carbocycles. The lowest BCUT2D eigenvalue weighted by atomic mass is 9.93. The van der Waals surface area contributed by atoms with Crippen molar-refractivity contribution in [3.05, 3.63) is 23.8 Å². The van der Waals surface area contributed by atoms with E-state index in [1.54, 1.807) is 0 Å². The normalized spacial score (nSPS) is 29.2. The molecule has 0 saturated heterocycles. The molecule has 0 fully saturated rings. The summed E-state index contributed by atoms with van der Waals surface area (Å²) in [6.45, 7) is 6.52. The van der Waals surface area contributed by atoms with Crippen LogP contribution in [-0.4, -0.2) is 18.2 Å². The molecule has 0 aromatic heterocycles. The fourth-order valence-corrected chi connectivity index (χ4v) is 1.44. The van der Waals surface area contributed by atoms with Crippen LogP contribution in [0.4, 0.5) is 0 Å². The molecule has 0 amide bonds. The van der Waals surface area contributed by atoms with E-state index in [2.05, 4.69) is 4.99 Å². The van der Waals surface area contributed by atoms with Gasteiger partial charge in [0.25, 0.3) is 6.02 Å². The maximum absolute atomic E-state index is 5.48. The molecule has 2 N–H and O–H groups in total. The highest BCUT2D eigenvalue weighted by Gasteiger charge is 2.32. The number of ether oxygens (including phenoxy) is 1. The van der Waals surface area contributed by atoms with Gasteiger partial charge < -0.3 is 10.5 Å². The Bertz CT molecular complexity index is 279. The summed E-state index contributed by atoms with van der Waals surface area (Å²) in [4.78, 5) is 4.26. The molecule has 0 unspecified atom stereocenters. The summed E-state index contributed by atoms with van der Waals surface area (Å²) in [5.74, 6) is 0. The number of hydrogen-bond acceptors (Lipinski definition) is 3. The van der Waals surface area contributed by atoms with E-state index in [9.17, 15) is 0 Å². The van der Waals surface area contributed by atoms with Gasteiger partial charge in [-0.2, -0.15) is 0 Å². The van der Waals surface area contributed by atoms with Crippen molar-refractivity contribution < 1.29 is 4.74 Å². The molecule has 1 aliphatic heterocycles. The van der Waals surface area contributed by atoms with Crippen LogP contribution >= 0.6 is 0 Å². The van der Waals surface area contributed by atoms with Crippen LogP contribution in [0.2, 0.25) is 0 Å². The summed E-state index contributed by atoms with van der Waals surface area (Å²) in [7, 11) is 0. The van der Waals surface area contributed by atoms with Gasteiger partial charge in [0.05, 0.1) is 0 Å². The lowest BCUT2D eigenvalue weighted by molar-refractivity contribution is 0.286. The highest BCUT2D eigenvalue weighted by atomic mass is 16.5. The second-order valence-corrected chi connectivity index (χ2v) is 3.26. The van der Waals surface area contributed by atoms with Gasteiger partial charge in [-0.1, -0.05) is 18.2 Å². The molecule has 72 valence electrons. The van der Waals surface area contributed by atoms with Gasteiger partial charge in [0.2, 0.25) is 0 Å². The summed E-state index contributed by atoms with van der Waals surface area (Å²) in [5, 5.41) is 0. The standard InChI is InChI=1S/C10H16N2O/c1-4-6-8(5-2)10(3)7-13-9(11)12-10/h4-6H,7H2,1-3H3,(H2,11,12)/b6-4-,8-5+/t10-/m1/s1. The first-order valence-electron chi connectivity index (χ1n) is 4.40. The molecule has 1 rings (SSSR count). The predicted molar refractivity (Wildman–Crippen MR) is 54.6 cm³/mol. The van der Waals surface area contributed by atoms with Gasteiger partial charge >= 0.3 is 0 Å². The van der Waals surface area contributed by atoms with Crippen LogP contribution in [-0.2, 0) is 4.74 Å². The zero-order valence-electron chi connectivity index (χ0n) is 8.37. The van der Waals surface area contributed by atoms with Crippen LogP contribution in [0.5, 0.6) is 0 Å². The number of hydrogen-bond donors (Lipinski definition) is 1. The fourth-order valence-electron chi connectivity index (χ4n) is 1.44. The monoisotopic (exact) mass is 180 g/mol. The van der Waals surface area contributed by atoms with Gasteiger partial charge in [-0.05, 0) is 26.3 Å². The number of nitrogens with two attached hydrogens (primary N) is 1. The van der Waals surface area contributed by atoms with Crippen molar-refractivity contribution in [3.8, 4) is 0 Å². The van der Waals surface area contributed by atoms with E-state index < -0.39 is 0 Å². The molecule has 1 aliphatic rings. The molecule has 0 spiro atoms. The Morgan fingerprint density at radius 1 is 1.62 bits per heavy atom. The van der Waals surface area contributed by atoms with E-state index in [4.69, 9.17) is 10.5 Å². The third kappa shape index (κ3) is 1.91. The Labute approximate surface area is 79.0 Å². The van der Waals surface area contributed by atoms with Crippen molar-refractivity contribution in [2.75, 3.05) is 6.61 Å². The second-order valence-electron chi connectivity index (χ2n) is 3.26. The molecule has 3 heteroatoms. The van der Waals surface area contributed by atoms with E-state index in [1.807, 2.05) is 39.0 Å². The zero-order valence-corrected chi connectivity index (χ0v) is 8.37. The van der Waals surface area contributed by atoms with Gasteiger partial charge in [-0.15, -0.1) is 0 Å². The number of rotatable bonds is 2. The minimum Gasteiger partial charge on any atom is -0.462 e. The first kappa shape index (κ1) is 9.84. The largest absolute Gasteiger partial charge is 0.462 e. The van der Waals surface area contributed by atoms with Crippen LogP contribution in [0.3, 0.4) is 0 Å².